The summed E-state index contributed by atoms with van der Waals surface area (Å²) in [6.07, 6.45) is 7.60. The van der Waals surface area contributed by atoms with Crippen molar-refractivity contribution in [2.45, 2.75) is 58.4 Å². The first kappa shape index (κ1) is 17.3. The molecule has 4 heteroatoms. The van der Waals surface area contributed by atoms with Crippen LogP contribution in [-0.2, 0) is 4.79 Å². The number of rotatable bonds is 6. The van der Waals surface area contributed by atoms with Crippen molar-refractivity contribution < 1.29 is 9.59 Å². The fourth-order valence-corrected chi connectivity index (χ4v) is 3.17. The van der Waals surface area contributed by atoms with Gasteiger partial charge in [0.1, 0.15) is 0 Å². The van der Waals surface area contributed by atoms with Gasteiger partial charge < -0.3 is 11.1 Å². The molecule has 1 aliphatic rings. The average Bonchev–Trinajstić information content (AvgIpc) is 2.56. The zero-order chi connectivity index (χ0) is 16.8. The first-order valence-electron chi connectivity index (χ1n) is 8.42. The highest BCUT2D eigenvalue weighted by molar-refractivity contribution is 6.11. The summed E-state index contributed by atoms with van der Waals surface area (Å²) >= 11 is 0. The molecule has 1 aromatic rings. The van der Waals surface area contributed by atoms with Gasteiger partial charge in [-0.1, -0.05) is 26.2 Å². The Morgan fingerprint density at radius 2 is 2.00 bits per heavy atom. The molecule has 4 nitrogen and oxygen atoms in total. The smallest absolute Gasteiger partial charge is 0.159 e. The van der Waals surface area contributed by atoms with Gasteiger partial charge >= 0.3 is 0 Å². The van der Waals surface area contributed by atoms with Crippen molar-refractivity contribution in [1.29, 1.82) is 0 Å². The lowest BCUT2D eigenvalue weighted by molar-refractivity contribution is -0.103. The number of anilines is 1. The zero-order valence-corrected chi connectivity index (χ0v) is 14.0. The van der Waals surface area contributed by atoms with Crippen LogP contribution >= 0.6 is 0 Å². The number of nitrogens with two attached hydrogens (primary N) is 1. The molecule has 1 saturated carbocycles. The third-order valence-electron chi connectivity index (χ3n) is 4.53. The van der Waals surface area contributed by atoms with E-state index in [2.05, 4.69) is 5.32 Å². The van der Waals surface area contributed by atoms with E-state index < -0.39 is 0 Å². The molecule has 0 heterocycles. The highest BCUT2D eigenvalue weighted by Gasteiger charge is 2.17. The van der Waals surface area contributed by atoms with Crippen LogP contribution in [0.1, 0.15) is 68.3 Å². The highest BCUT2D eigenvalue weighted by Crippen LogP contribution is 2.27. The van der Waals surface area contributed by atoms with Crippen molar-refractivity contribution in [1.82, 2.24) is 5.32 Å². The minimum atomic E-state index is -0.0326. The van der Waals surface area contributed by atoms with Gasteiger partial charge in [0.15, 0.2) is 12.1 Å². The number of hydrogen-bond acceptors (Lipinski definition) is 4. The fourth-order valence-electron chi connectivity index (χ4n) is 3.17. The van der Waals surface area contributed by atoms with Gasteiger partial charge in [-0.05, 0) is 44.4 Å². The Labute approximate surface area is 138 Å². The second-order valence-electron chi connectivity index (χ2n) is 6.20. The standard InChI is InChI=1S/C19H26N2O2/c1-3-19(21-15-7-5-4-6-8-15)17(12-22)16-11-14(13(2)23)9-10-18(16)20/h9-12,15,21H,3-8,20H2,1-2H3/b19-17+. The summed E-state index contributed by atoms with van der Waals surface area (Å²) in [7, 11) is 0. The second kappa shape index (κ2) is 7.95. The third-order valence-corrected chi connectivity index (χ3v) is 4.53. The molecule has 2 rings (SSSR count). The third kappa shape index (κ3) is 4.21. The number of aldehydes is 1. The van der Waals surface area contributed by atoms with Crippen LogP contribution in [0.25, 0.3) is 5.57 Å². The van der Waals surface area contributed by atoms with Gasteiger partial charge in [-0.15, -0.1) is 0 Å². The summed E-state index contributed by atoms with van der Waals surface area (Å²) in [5.41, 5.74) is 9.28. The fraction of sp³-hybridized carbons (Fsp3) is 0.474. The van der Waals surface area contributed by atoms with E-state index in [-0.39, 0.29) is 5.78 Å². The van der Waals surface area contributed by atoms with E-state index >= 15 is 0 Å². The van der Waals surface area contributed by atoms with Gasteiger partial charge in [-0.2, -0.15) is 0 Å². The normalized spacial score (nSPS) is 16.6. The molecular weight excluding hydrogens is 288 g/mol. The number of Topliss-reactive ketones (excluding diaryl/α,β-unsaturated/α-hetero) is 1. The van der Waals surface area contributed by atoms with Crippen molar-refractivity contribution in [3.8, 4) is 0 Å². The van der Waals surface area contributed by atoms with E-state index in [1.165, 1.54) is 26.2 Å². The lowest BCUT2D eigenvalue weighted by Gasteiger charge is -2.26. The minimum absolute atomic E-state index is 0.0326. The van der Waals surface area contributed by atoms with Crippen LogP contribution in [0.4, 0.5) is 5.69 Å². The maximum absolute atomic E-state index is 11.7. The van der Waals surface area contributed by atoms with E-state index in [1.54, 1.807) is 18.2 Å². The van der Waals surface area contributed by atoms with E-state index in [0.717, 1.165) is 31.2 Å². The first-order valence-corrected chi connectivity index (χ1v) is 8.42. The number of carbonyl (C=O) groups excluding carboxylic acids is 2. The van der Waals surface area contributed by atoms with Crippen LogP contribution in [0.3, 0.4) is 0 Å². The Kier molecular flexibility index (Phi) is 5.97. The quantitative estimate of drug-likeness (QED) is 0.363. The van der Waals surface area contributed by atoms with Gasteiger partial charge in [0.25, 0.3) is 0 Å². The van der Waals surface area contributed by atoms with Crippen LogP contribution in [0.2, 0.25) is 0 Å². The van der Waals surface area contributed by atoms with Gasteiger partial charge in [0.05, 0.1) is 0 Å². The van der Waals surface area contributed by atoms with Gasteiger partial charge in [-0.3, -0.25) is 9.59 Å². The van der Waals surface area contributed by atoms with Crippen LogP contribution in [0.15, 0.2) is 23.9 Å². The summed E-state index contributed by atoms with van der Waals surface area (Å²) in [5, 5.41) is 3.54. The number of hydrogen-bond donors (Lipinski definition) is 2. The maximum atomic E-state index is 11.7. The molecule has 1 aliphatic carbocycles. The van der Waals surface area contributed by atoms with E-state index in [4.69, 9.17) is 5.73 Å². The Morgan fingerprint density at radius 3 is 2.57 bits per heavy atom. The molecule has 0 aliphatic heterocycles. The number of allylic oxidation sites excluding steroid dienone is 2. The van der Waals surface area contributed by atoms with Crippen LogP contribution < -0.4 is 11.1 Å². The molecule has 3 N–H and O–H groups in total. The van der Waals surface area contributed by atoms with Crippen LogP contribution in [-0.4, -0.2) is 18.1 Å². The van der Waals surface area contributed by atoms with Gasteiger partial charge in [-0.25, -0.2) is 0 Å². The molecular formula is C19H26N2O2. The number of nitrogen functional groups attached to an aromatic ring is 1. The topological polar surface area (TPSA) is 72.2 Å². The van der Waals surface area contributed by atoms with E-state index in [0.29, 0.717) is 28.4 Å². The average molecular weight is 314 g/mol. The molecule has 0 radical (unpaired) electrons. The highest BCUT2D eigenvalue weighted by atomic mass is 16.1. The predicted octanol–water partition coefficient (Wildman–Crippen LogP) is 3.71. The Hall–Kier alpha value is -2.10. The minimum Gasteiger partial charge on any atom is -0.398 e. The maximum Gasteiger partial charge on any atom is 0.159 e. The molecule has 0 saturated heterocycles. The monoisotopic (exact) mass is 314 g/mol. The first-order chi connectivity index (χ1) is 11.1. The molecule has 1 fully saturated rings. The van der Waals surface area contributed by atoms with Crippen LogP contribution in [0, 0.1) is 0 Å². The summed E-state index contributed by atoms with van der Waals surface area (Å²) in [6, 6.07) is 5.54. The molecule has 0 atom stereocenters. The van der Waals surface area contributed by atoms with Gasteiger partial charge in [0, 0.05) is 34.1 Å². The molecule has 0 bridgehead atoms. The van der Waals surface area contributed by atoms with Crippen LogP contribution in [0.5, 0.6) is 0 Å². The number of benzene rings is 1. The predicted molar refractivity (Wildman–Crippen MR) is 94.1 cm³/mol. The summed E-state index contributed by atoms with van der Waals surface area (Å²) in [4.78, 5) is 23.4. The Bertz CT molecular complexity index is 614. The molecule has 23 heavy (non-hydrogen) atoms. The summed E-state index contributed by atoms with van der Waals surface area (Å²) in [5.74, 6) is -0.0326. The molecule has 1 aromatic carbocycles. The molecule has 0 spiro atoms. The zero-order valence-electron chi connectivity index (χ0n) is 14.0. The molecule has 0 aromatic heterocycles. The molecule has 0 amide bonds. The van der Waals surface area contributed by atoms with Gasteiger partial charge in [0.2, 0.25) is 0 Å². The SMILES string of the molecule is CC/C(NC1CCCCC1)=C(/C=O)c1cc(C(C)=O)ccc1N. The lowest BCUT2D eigenvalue weighted by Crippen LogP contribution is -2.31. The van der Waals surface area contributed by atoms with Crippen molar-refractivity contribution in [2.24, 2.45) is 0 Å². The van der Waals surface area contributed by atoms with E-state index in [9.17, 15) is 9.59 Å². The lowest BCUT2D eigenvalue weighted by atomic mass is 9.93. The summed E-state index contributed by atoms with van der Waals surface area (Å²) in [6.45, 7) is 3.54. The van der Waals surface area contributed by atoms with Crippen molar-refractivity contribution in [3.05, 3.63) is 35.0 Å². The number of nitrogens with one attached hydrogen (secondary N) is 1. The number of carbonyl (C=O) groups is 2. The largest absolute Gasteiger partial charge is 0.398 e. The van der Waals surface area contributed by atoms with Crippen molar-refractivity contribution >= 4 is 23.3 Å². The Morgan fingerprint density at radius 1 is 1.30 bits per heavy atom. The molecule has 0 unspecified atom stereocenters. The number of ketones is 1. The van der Waals surface area contributed by atoms with Crippen molar-refractivity contribution in [3.63, 3.8) is 0 Å². The summed E-state index contributed by atoms with van der Waals surface area (Å²) < 4.78 is 0. The van der Waals surface area contributed by atoms with E-state index in [1.807, 2.05) is 6.92 Å². The van der Waals surface area contributed by atoms with Crippen molar-refractivity contribution in [2.75, 3.05) is 5.73 Å². The molecule has 124 valence electrons. The Balaban J connectivity index is 2.39. The second-order valence-corrected chi connectivity index (χ2v) is 6.20.